The minimum absolute atomic E-state index is 0.104. The zero-order valence-corrected chi connectivity index (χ0v) is 19.1. The third-order valence-electron chi connectivity index (χ3n) is 7.53. The number of ether oxygens (including phenoxy) is 1. The summed E-state index contributed by atoms with van der Waals surface area (Å²) in [6.45, 7) is -0.431. The number of rotatable bonds is 5. The number of carbonyl (C=O) groups is 4. The summed E-state index contributed by atoms with van der Waals surface area (Å²) in [6, 6.07) is 13.2. The van der Waals surface area contributed by atoms with Crippen LogP contribution in [0.15, 0.2) is 65.2 Å². The summed E-state index contributed by atoms with van der Waals surface area (Å²) in [6.07, 6.45) is 5.32. The minimum atomic E-state index is -0.740. The Morgan fingerprint density at radius 3 is 2.15 bits per heavy atom. The van der Waals surface area contributed by atoms with Crippen molar-refractivity contribution in [3.05, 3.63) is 76.3 Å². The van der Waals surface area contributed by atoms with Crippen molar-refractivity contribution in [2.45, 2.75) is 6.42 Å². The Morgan fingerprint density at radius 1 is 0.909 bits per heavy atom. The average molecular weight is 506 g/mol. The first kappa shape index (κ1) is 20.5. The quantitative estimate of drug-likeness (QED) is 0.265. The van der Waals surface area contributed by atoms with E-state index in [1.54, 1.807) is 42.5 Å². The molecule has 166 valence electrons. The molecule has 1 saturated heterocycles. The number of amides is 2. The molecule has 1 heterocycles. The van der Waals surface area contributed by atoms with Gasteiger partial charge in [-0.15, -0.1) is 0 Å². The van der Waals surface area contributed by atoms with Crippen molar-refractivity contribution in [2.24, 2.45) is 35.5 Å². The molecule has 5 aliphatic rings. The van der Waals surface area contributed by atoms with Crippen molar-refractivity contribution >= 4 is 45.2 Å². The molecule has 6 atom stereocenters. The van der Waals surface area contributed by atoms with Gasteiger partial charge in [-0.3, -0.25) is 14.4 Å². The number of halogens is 1. The summed E-state index contributed by atoms with van der Waals surface area (Å²) in [5.74, 6) is -1.03. The monoisotopic (exact) mass is 505 g/mol. The summed E-state index contributed by atoms with van der Waals surface area (Å²) in [7, 11) is 0. The average Bonchev–Trinajstić information content (AvgIpc) is 3.61. The maximum Gasteiger partial charge on any atom is 0.340 e. The molecule has 1 aliphatic heterocycles. The zero-order chi connectivity index (χ0) is 22.9. The number of esters is 1. The van der Waals surface area contributed by atoms with Gasteiger partial charge in [0.05, 0.1) is 23.1 Å². The molecular weight excluding hydrogens is 486 g/mol. The number of para-hydroxylation sites is 1. The number of imide groups is 1. The van der Waals surface area contributed by atoms with E-state index in [1.807, 2.05) is 0 Å². The zero-order valence-electron chi connectivity index (χ0n) is 17.5. The number of allylic oxidation sites excluding steroid dienone is 2. The molecule has 2 aromatic carbocycles. The van der Waals surface area contributed by atoms with Crippen LogP contribution in [-0.4, -0.2) is 30.2 Å². The van der Waals surface area contributed by atoms with Gasteiger partial charge in [-0.2, -0.15) is 0 Å². The fraction of sp³-hybridized carbons (Fsp3) is 0.308. The van der Waals surface area contributed by atoms with Gasteiger partial charge in [0.25, 0.3) is 0 Å². The van der Waals surface area contributed by atoms with Gasteiger partial charge in [-0.1, -0.05) is 52.3 Å². The number of nitrogens with zero attached hydrogens (tertiary/aromatic N) is 1. The van der Waals surface area contributed by atoms with Crippen LogP contribution in [0.1, 0.15) is 27.1 Å². The van der Waals surface area contributed by atoms with Crippen molar-refractivity contribution in [1.29, 1.82) is 0 Å². The predicted molar refractivity (Wildman–Crippen MR) is 122 cm³/mol. The Labute approximate surface area is 198 Å². The van der Waals surface area contributed by atoms with E-state index in [4.69, 9.17) is 4.74 Å². The first-order valence-corrected chi connectivity index (χ1v) is 11.9. The summed E-state index contributed by atoms with van der Waals surface area (Å²) < 4.78 is 6.12. The van der Waals surface area contributed by atoms with Crippen molar-refractivity contribution in [2.75, 3.05) is 11.5 Å². The van der Waals surface area contributed by atoms with Crippen LogP contribution in [0.25, 0.3) is 0 Å². The predicted octanol–water partition coefficient (Wildman–Crippen LogP) is 4.05. The van der Waals surface area contributed by atoms with Crippen molar-refractivity contribution in [1.82, 2.24) is 0 Å². The van der Waals surface area contributed by atoms with Crippen molar-refractivity contribution in [3.8, 4) is 0 Å². The van der Waals surface area contributed by atoms with Crippen molar-refractivity contribution in [3.63, 3.8) is 0 Å². The van der Waals surface area contributed by atoms with E-state index < -0.39 is 12.6 Å². The maximum absolute atomic E-state index is 13.4. The van der Waals surface area contributed by atoms with Gasteiger partial charge in [0.15, 0.2) is 12.4 Å². The van der Waals surface area contributed by atoms with Gasteiger partial charge in [0.1, 0.15) is 0 Å². The molecule has 7 heteroatoms. The van der Waals surface area contributed by atoms with E-state index in [0.717, 1.165) is 10.9 Å². The third-order valence-corrected chi connectivity index (χ3v) is 8.06. The molecule has 0 N–H and O–H groups in total. The number of Topliss-reactive ketones (excluding diaryl/α,β-unsaturated/α-hetero) is 1. The van der Waals surface area contributed by atoms with Gasteiger partial charge in [-0.25, -0.2) is 9.69 Å². The van der Waals surface area contributed by atoms with Crippen LogP contribution < -0.4 is 4.90 Å². The number of anilines is 1. The maximum atomic E-state index is 13.4. The van der Waals surface area contributed by atoms with Gasteiger partial charge in [0, 0.05) is 10.0 Å². The fourth-order valence-electron chi connectivity index (χ4n) is 5.96. The van der Waals surface area contributed by atoms with Crippen LogP contribution in [-0.2, 0) is 14.3 Å². The first-order chi connectivity index (χ1) is 16.0. The molecule has 2 saturated carbocycles. The summed E-state index contributed by atoms with van der Waals surface area (Å²) in [4.78, 5) is 53.3. The van der Waals surface area contributed by atoms with Crippen LogP contribution in [0.5, 0.6) is 0 Å². The molecule has 2 bridgehead atoms. The lowest BCUT2D eigenvalue weighted by Gasteiger charge is -2.37. The number of ketones is 1. The van der Waals surface area contributed by atoms with Crippen LogP contribution in [0.3, 0.4) is 0 Å². The van der Waals surface area contributed by atoms with Crippen LogP contribution >= 0.6 is 15.9 Å². The Balaban J connectivity index is 1.24. The Kier molecular flexibility index (Phi) is 4.66. The molecule has 0 aromatic heterocycles. The van der Waals surface area contributed by atoms with E-state index in [-0.39, 0.29) is 52.5 Å². The highest BCUT2D eigenvalue weighted by molar-refractivity contribution is 9.10. The Morgan fingerprint density at radius 2 is 1.52 bits per heavy atom. The Hall–Kier alpha value is -3.06. The van der Waals surface area contributed by atoms with E-state index in [0.29, 0.717) is 17.4 Å². The lowest BCUT2D eigenvalue weighted by Crippen LogP contribution is -2.40. The minimum Gasteiger partial charge on any atom is -0.454 e. The van der Waals surface area contributed by atoms with E-state index in [9.17, 15) is 19.2 Å². The standard InChI is InChI=1S/C26H20BrNO5/c27-14-7-5-13(6-8-14)21(29)12-33-26(32)17-3-1-2-4-20(17)28-24(30)22-15-9-10-16(19-11-18(15)19)23(22)25(28)31/h1-10,15-16,18-19,22-23H,11-12H2. The second-order valence-corrected chi connectivity index (χ2v) is 10.1. The van der Waals surface area contributed by atoms with Crippen LogP contribution in [0, 0.1) is 35.5 Å². The Bertz CT molecular complexity index is 1200. The van der Waals surface area contributed by atoms with Gasteiger partial charge >= 0.3 is 5.97 Å². The number of carbonyl (C=O) groups excluding carboxylic acids is 4. The molecule has 0 radical (unpaired) electrons. The summed E-state index contributed by atoms with van der Waals surface area (Å²) >= 11 is 3.32. The molecule has 2 amide bonds. The van der Waals surface area contributed by atoms with Gasteiger partial charge < -0.3 is 4.74 Å². The molecule has 2 aromatic rings. The number of hydrogen-bond acceptors (Lipinski definition) is 5. The number of benzene rings is 2. The highest BCUT2D eigenvalue weighted by atomic mass is 79.9. The highest BCUT2D eigenvalue weighted by Crippen LogP contribution is 2.65. The van der Waals surface area contributed by atoms with Crippen LogP contribution in [0.4, 0.5) is 5.69 Å². The van der Waals surface area contributed by atoms with E-state index >= 15 is 0 Å². The van der Waals surface area contributed by atoms with E-state index in [2.05, 4.69) is 28.1 Å². The first-order valence-electron chi connectivity index (χ1n) is 11.1. The van der Waals surface area contributed by atoms with Gasteiger partial charge in [0.2, 0.25) is 11.8 Å². The second-order valence-electron chi connectivity index (χ2n) is 9.19. The third kappa shape index (κ3) is 3.13. The highest BCUT2D eigenvalue weighted by Gasteiger charge is 2.67. The number of hydrogen-bond donors (Lipinski definition) is 0. The molecule has 7 rings (SSSR count). The molecule has 33 heavy (non-hydrogen) atoms. The second kappa shape index (κ2) is 7.48. The molecule has 3 fully saturated rings. The summed E-state index contributed by atoms with van der Waals surface area (Å²) in [5, 5.41) is 0. The SMILES string of the molecule is O=C(COC(=O)c1ccccc1N1C(=O)C2C3C=CC(C4CC34)C2C1=O)c1ccc(Br)cc1. The van der Waals surface area contributed by atoms with E-state index in [1.165, 1.54) is 11.0 Å². The van der Waals surface area contributed by atoms with Crippen LogP contribution in [0.2, 0.25) is 0 Å². The lowest BCUT2D eigenvalue weighted by atomic mass is 9.63. The van der Waals surface area contributed by atoms with Gasteiger partial charge in [-0.05, 0) is 54.4 Å². The molecule has 6 nitrogen and oxygen atoms in total. The smallest absolute Gasteiger partial charge is 0.340 e. The normalized spacial score (nSPS) is 30.8. The molecule has 6 unspecified atom stereocenters. The largest absolute Gasteiger partial charge is 0.454 e. The molecule has 4 aliphatic carbocycles. The molecular formula is C26H20BrNO5. The fourth-order valence-corrected chi connectivity index (χ4v) is 6.23. The molecule has 0 spiro atoms. The lowest BCUT2D eigenvalue weighted by molar-refractivity contribution is -0.124. The topological polar surface area (TPSA) is 80.8 Å². The van der Waals surface area contributed by atoms with Crippen molar-refractivity contribution < 1.29 is 23.9 Å². The summed E-state index contributed by atoms with van der Waals surface area (Å²) in [5.41, 5.74) is 0.762.